The van der Waals surface area contributed by atoms with E-state index in [1.54, 1.807) is 6.07 Å². The second-order valence-corrected chi connectivity index (χ2v) is 8.89. The summed E-state index contributed by atoms with van der Waals surface area (Å²) in [6, 6.07) is 16.2. The number of piperazine rings is 1. The Bertz CT molecular complexity index is 1120. The number of hydrogen-bond donors (Lipinski definition) is 1. The third-order valence-corrected chi connectivity index (χ3v) is 6.57. The van der Waals surface area contributed by atoms with Crippen LogP contribution in [0.25, 0.3) is 11.0 Å². The number of fused-ring (bicyclic) bond motifs is 3. The molecule has 3 aromatic rings. The molecule has 168 valence electrons. The molecular formula is C26H30N2O4. The zero-order chi connectivity index (χ0) is 21.9. The van der Waals surface area contributed by atoms with Crippen molar-refractivity contribution in [2.75, 3.05) is 39.3 Å². The van der Waals surface area contributed by atoms with Crippen molar-refractivity contribution in [3.8, 4) is 5.75 Å². The number of ether oxygens (including phenoxy) is 1. The molecule has 32 heavy (non-hydrogen) atoms. The predicted molar refractivity (Wildman–Crippen MR) is 124 cm³/mol. The smallest absolute Gasteiger partial charge is 0.339 e. The largest absolute Gasteiger partial charge is 0.491 e. The molecule has 0 bridgehead atoms. The van der Waals surface area contributed by atoms with Gasteiger partial charge in [0.05, 0.1) is 0 Å². The van der Waals surface area contributed by atoms with Crippen LogP contribution in [0.3, 0.4) is 0 Å². The minimum absolute atomic E-state index is 0.213. The normalized spacial score (nSPS) is 18.0. The van der Waals surface area contributed by atoms with Gasteiger partial charge in [-0.25, -0.2) is 4.79 Å². The van der Waals surface area contributed by atoms with Crippen LogP contribution >= 0.6 is 0 Å². The lowest BCUT2D eigenvalue weighted by Crippen LogP contribution is -2.48. The Morgan fingerprint density at radius 2 is 1.72 bits per heavy atom. The molecule has 0 spiro atoms. The van der Waals surface area contributed by atoms with Gasteiger partial charge in [0, 0.05) is 56.3 Å². The zero-order valence-electron chi connectivity index (χ0n) is 18.3. The van der Waals surface area contributed by atoms with Crippen LogP contribution in [0, 0.1) is 0 Å². The summed E-state index contributed by atoms with van der Waals surface area (Å²) in [5.74, 6) is 0.616. The standard InChI is InChI=1S/C26H30N2O4/c29-20(17-28-13-11-27(12-14-28)16-19-5-2-1-3-6-19)18-31-21-9-10-23-22-7-4-8-24(22)26(30)32-25(23)15-21/h1-3,5-6,9-10,15,20,29H,4,7-8,11-14,16-18H2/t20-/m0/s1. The Morgan fingerprint density at radius 3 is 2.53 bits per heavy atom. The molecule has 0 amide bonds. The van der Waals surface area contributed by atoms with Gasteiger partial charge in [0.1, 0.15) is 24.0 Å². The van der Waals surface area contributed by atoms with Crippen molar-refractivity contribution in [1.29, 1.82) is 0 Å². The van der Waals surface area contributed by atoms with Crippen LogP contribution in [0.4, 0.5) is 0 Å². The maximum Gasteiger partial charge on any atom is 0.339 e. The van der Waals surface area contributed by atoms with E-state index in [-0.39, 0.29) is 12.2 Å². The van der Waals surface area contributed by atoms with Gasteiger partial charge in [0.2, 0.25) is 0 Å². The molecule has 1 aliphatic heterocycles. The summed E-state index contributed by atoms with van der Waals surface area (Å²) >= 11 is 0. The van der Waals surface area contributed by atoms with Gasteiger partial charge in [-0.3, -0.25) is 9.80 Å². The first-order valence-electron chi connectivity index (χ1n) is 11.5. The number of nitrogens with zero attached hydrogens (tertiary/aromatic N) is 2. The van der Waals surface area contributed by atoms with E-state index in [9.17, 15) is 9.90 Å². The molecule has 1 saturated heterocycles. The molecular weight excluding hydrogens is 404 g/mol. The molecule has 0 radical (unpaired) electrons. The molecule has 0 unspecified atom stereocenters. The summed E-state index contributed by atoms with van der Waals surface area (Å²) < 4.78 is 11.3. The molecule has 1 aromatic heterocycles. The molecule has 2 aliphatic rings. The molecule has 1 fully saturated rings. The van der Waals surface area contributed by atoms with Gasteiger partial charge in [-0.2, -0.15) is 0 Å². The number of β-amino-alcohol motifs (C(OH)–C–C–N with tert-alkyl or cyclic N) is 1. The molecule has 2 aromatic carbocycles. The summed E-state index contributed by atoms with van der Waals surface area (Å²) in [7, 11) is 0. The number of hydrogen-bond acceptors (Lipinski definition) is 6. The number of aryl methyl sites for hydroxylation is 1. The van der Waals surface area contributed by atoms with E-state index in [1.165, 1.54) is 5.56 Å². The zero-order valence-corrected chi connectivity index (χ0v) is 18.3. The van der Waals surface area contributed by atoms with Crippen LogP contribution in [-0.4, -0.2) is 60.3 Å². The quantitative estimate of drug-likeness (QED) is 0.577. The first-order valence-corrected chi connectivity index (χ1v) is 11.5. The van der Waals surface area contributed by atoms with Gasteiger partial charge in [0.25, 0.3) is 0 Å². The van der Waals surface area contributed by atoms with Gasteiger partial charge in [0.15, 0.2) is 0 Å². The van der Waals surface area contributed by atoms with Crippen molar-refractivity contribution in [2.24, 2.45) is 0 Å². The average molecular weight is 435 g/mol. The van der Waals surface area contributed by atoms with E-state index in [2.05, 4.69) is 34.1 Å². The maximum atomic E-state index is 12.2. The monoisotopic (exact) mass is 434 g/mol. The minimum Gasteiger partial charge on any atom is -0.491 e. The van der Waals surface area contributed by atoms with E-state index in [4.69, 9.17) is 9.15 Å². The van der Waals surface area contributed by atoms with Crippen LogP contribution in [-0.2, 0) is 19.4 Å². The number of benzene rings is 2. The second kappa shape index (κ2) is 9.45. The van der Waals surface area contributed by atoms with Crippen molar-refractivity contribution < 1.29 is 14.3 Å². The molecule has 1 N–H and O–H groups in total. The van der Waals surface area contributed by atoms with Gasteiger partial charge in [-0.15, -0.1) is 0 Å². The van der Waals surface area contributed by atoms with Crippen molar-refractivity contribution in [3.63, 3.8) is 0 Å². The van der Waals surface area contributed by atoms with E-state index in [0.29, 0.717) is 17.9 Å². The SMILES string of the molecule is O=c1oc2cc(OC[C@@H](O)CN3CCN(Cc4ccccc4)CC3)ccc2c2c1CCC2. The molecule has 5 rings (SSSR count). The van der Waals surface area contributed by atoms with E-state index in [1.807, 2.05) is 18.2 Å². The number of rotatable bonds is 7. The third-order valence-electron chi connectivity index (χ3n) is 6.57. The van der Waals surface area contributed by atoms with Crippen molar-refractivity contribution in [2.45, 2.75) is 31.9 Å². The van der Waals surface area contributed by atoms with Crippen LogP contribution in [0.1, 0.15) is 23.1 Å². The highest BCUT2D eigenvalue weighted by molar-refractivity contribution is 5.83. The number of aliphatic hydroxyl groups is 1. The molecule has 6 nitrogen and oxygen atoms in total. The first kappa shape index (κ1) is 21.2. The van der Waals surface area contributed by atoms with Crippen LogP contribution in [0.15, 0.2) is 57.7 Å². The summed E-state index contributed by atoms with van der Waals surface area (Å²) in [6.07, 6.45) is 2.16. The highest BCUT2D eigenvalue weighted by atomic mass is 16.5. The Balaban J connectivity index is 1.11. The highest BCUT2D eigenvalue weighted by Crippen LogP contribution is 2.29. The van der Waals surface area contributed by atoms with Gasteiger partial charge in [-0.1, -0.05) is 30.3 Å². The fourth-order valence-electron chi connectivity index (χ4n) is 4.87. The van der Waals surface area contributed by atoms with Crippen molar-refractivity contribution >= 4 is 11.0 Å². The average Bonchev–Trinajstić information content (AvgIpc) is 3.31. The van der Waals surface area contributed by atoms with E-state index in [0.717, 1.165) is 68.5 Å². The Hall–Kier alpha value is -2.67. The van der Waals surface area contributed by atoms with Crippen molar-refractivity contribution in [3.05, 3.63) is 75.6 Å². The summed E-state index contributed by atoms with van der Waals surface area (Å²) in [5.41, 5.74) is 3.62. The lowest BCUT2D eigenvalue weighted by molar-refractivity contribution is 0.0446. The van der Waals surface area contributed by atoms with Gasteiger partial charge < -0.3 is 14.3 Å². The lowest BCUT2D eigenvalue weighted by atomic mass is 10.1. The lowest BCUT2D eigenvalue weighted by Gasteiger charge is -2.35. The summed E-state index contributed by atoms with van der Waals surface area (Å²) in [6.45, 7) is 5.65. The van der Waals surface area contributed by atoms with Crippen LogP contribution < -0.4 is 10.4 Å². The van der Waals surface area contributed by atoms with Crippen molar-refractivity contribution in [1.82, 2.24) is 9.80 Å². The van der Waals surface area contributed by atoms with Crippen LogP contribution in [0.5, 0.6) is 5.75 Å². The minimum atomic E-state index is -0.571. The van der Waals surface area contributed by atoms with Crippen LogP contribution in [0.2, 0.25) is 0 Å². The molecule has 2 heterocycles. The third kappa shape index (κ3) is 4.72. The van der Waals surface area contributed by atoms with E-state index < -0.39 is 6.10 Å². The molecule has 1 atom stereocenters. The molecule has 0 saturated carbocycles. The maximum absolute atomic E-state index is 12.2. The Kier molecular flexibility index (Phi) is 6.26. The fraction of sp³-hybridized carbons (Fsp3) is 0.423. The second-order valence-electron chi connectivity index (χ2n) is 8.89. The Morgan fingerprint density at radius 1 is 0.969 bits per heavy atom. The Labute approximate surface area is 188 Å². The highest BCUT2D eigenvalue weighted by Gasteiger charge is 2.21. The first-order chi connectivity index (χ1) is 15.7. The fourth-order valence-corrected chi connectivity index (χ4v) is 4.87. The summed E-state index contributed by atoms with van der Waals surface area (Å²) in [4.78, 5) is 16.9. The number of aliphatic hydroxyl groups excluding tert-OH is 1. The molecule has 6 heteroatoms. The topological polar surface area (TPSA) is 66.2 Å². The van der Waals surface area contributed by atoms with Gasteiger partial charge in [-0.05, 0) is 42.5 Å². The summed E-state index contributed by atoms with van der Waals surface area (Å²) in [5, 5.41) is 11.5. The predicted octanol–water partition coefficient (Wildman–Crippen LogP) is 2.84. The molecule has 1 aliphatic carbocycles. The van der Waals surface area contributed by atoms with E-state index >= 15 is 0 Å². The van der Waals surface area contributed by atoms with Gasteiger partial charge >= 0.3 is 5.63 Å².